The van der Waals surface area contributed by atoms with Crippen molar-refractivity contribution in [3.05, 3.63) is 0 Å². The molecule has 0 unspecified atom stereocenters. The zero-order valence-electron chi connectivity index (χ0n) is 3.59. The fourth-order valence-electron chi connectivity index (χ4n) is 0. The van der Waals surface area contributed by atoms with E-state index >= 15 is 0 Å². The molecule has 0 aromatic rings. The Morgan fingerprint density at radius 2 is 2.50 bits per heavy atom. The van der Waals surface area contributed by atoms with E-state index in [1.165, 1.54) is 9.76 Å². The maximum atomic E-state index is 5.03. The minimum atomic E-state index is 0. The predicted molar refractivity (Wildman–Crippen MR) is 28.6 cm³/mol. The zero-order chi connectivity index (χ0) is 3.41. The first-order valence-corrected chi connectivity index (χ1v) is 7.99. The Bertz CT molecular complexity index is 11.6. The smallest absolute Gasteiger partial charge is 0.266 e. The summed E-state index contributed by atoms with van der Waals surface area (Å²) >= 11 is 5.03. The number of halogens is 1. The average Bonchev–Trinajstić information content (AvgIpc) is 1.37. The SMILES string of the molecule is [H+].[SiH3][SiH2]NCl. The van der Waals surface area contributed by atoms with Crippen LogP contribution in [0.4, 0.5) is 0 Å². The Kier molecular flexibility index (Phi) is 4.31. The molecule has 0 amide bonds. The van der Waals surface area contributed by atoms with Crippen molar-refractivity contribution in [2.24, 2.45) is 0 Å². The molecule has 0 aliphatic rings. The molecule has 0 atom stereocenters. The van der Waals surface area contributed by atoms with Crippen molar-refractivity contribution in [2.75, 3.05) is 0 Å². The molecule has 1 N–H and O–H groups in total. The molecule has 0 fully saturated rings. The number of rotatable bonds is 1. The molecule has 0 aromatic carbocycles. The van der Waals surface area contributed by atoms with E-state index in [-0.39, 0.29) is 10.6 Å². The molecular formula is H7ClNSi2+. The van der Waals surface area contributed by atoms with Gasteiger partial charge in [-0.1, -0.05) is 0 Å². The van der Waals surface area contributed by atoms with E-state index in [1.54, 1.807) is 0 Å². The largest absolute Gasteiger partial charge is 1.00 e. The molecule has 0 saturated carbocycles. The highest BCUT2D eigenvalue weighted by molar-refractivity contribution is 6.90. The van der Waals surface area contributed by atoms with Crippen LogP contribution in [-0.4, -0.2) is 19.0 Å². The molecule has 0 heterocycles. The van der Waals surface area contributed by atoms with Gasteiger partial charge in [0.2, 0.25) is 0 Å². The van der Waals surface area contributed by atoms with Crippen molar-refractivity contribution < 1.29 is 1.43 Å². The monoisotopic (exact) mass is 112 g/mol. The van der Waals surface area contributed by atoms with Crippen molar-refractivity contribution in [3.8, 4) is 0 Å². The van der Waals surface area contributed by atoms with Gasteiger partial charge in [-0.25, -0.2) is 0 Å². The van der Waals surface area contributed by atoms with E-state index in [0.29, 0.717) is 0 Å². The molecule has 0 aliphatic heterocycles. The van der Waals surface area contributed by atoms with Crippen molar-refractivity contribution in [1.29, 1.82) is 0 Å². The molecule has 4 heavy (non-hydrogen) atoms. The third-order valence-corrected chi connectivity index (χ3v) is 3.61. The van der Waals surface area contributed by atoms with Gasteiger partial charge in [0.25, 0.3) is 0 Å². The summed E-state index contributed by atoms with van der Waals surface area (Å²) in [6.45, 7) is 0. The van der Waals surface area contributed by atoms with Gasteiger partial charge in [-0.15, -0.1) is 0 Å². The van der Waals surface area contributed by atoms with Crippen LogP contribution in [0.5, 0.6) is 0 Å². The lowest BCUT2D eigenvalue weighted by Crippen LogP contribution is -2.03. The number of nitrogens with one attached hydrogen (secondary N) is 1. The number of hydrogen-bond donors (Lipinski definition) is 1. The van der Waals surface area contributed by atoms with Crippen LogP contribution in [0.2, 0.25) is 0 Å². The van der Waals surface area contributed by atoms with E-state index in [4.69, 9.17) is 11.8 Å². The van der Waals surface area contributed by atoms with Gasteiger partial charge < -0.3 is 0 Å². The topological polar surface area (TPSA) is 12.0 Å². The van der Waals surface area contributed by atoms with Crippen molar-refractivity contribution in [3.63, 3.8) is 0 Å². The Morgan fingerprint density at radius 1 is 2.25 bits per heavy atom. The maximum Gasteiger partial charge on any atom is 1.00 e. The Labute approximate surface area is 37.4 Å². The first-order chi connectivity index (χ1) is 1.91. The lowest BCUT2D eigenvalue weighted by molar-refractivity contribution is 1.67. The second-order valence-corrected chi connectivity index (χ2v) is 4.38. The van der Waals surface area contributed by atoms with E-state index in [1.807, 2.05) is 0 Å². The summed E-state index contributed by atoms with van der Waals surface area (Å²) in [4.78, 5) is 0. The zero-order valence-corrected chi connectivity index (χ0v) is 6.76. The van der Waals surface area contributed by atoms with Crippen LogP contribution in [0.1, 0.15) is 1.43 Å². The van der Waals surface area contributed by atoms with E-state index < -0.39 is 0 Å². The summed E-state index contributed by atoms with van der Waals surface area (Å²) < 4.78 is 2.60. The number of hydrogen-bond acceptors (Lipinski definition) is 1. The third-order valence-electron chi connectivity index (χ3n) is 0.134. The second-order valence-electron chi connectivity index (χ2n) is 0.487. The normalized spacial score (nSPS) is 11.2. The fraction of sp³-hybridized carbons (Fsp3) is 0. The molecule has 0 aliphatic carbocycles. The highest BCUT2D eigenvalue weighted by atomic mass is 35.5. The van der Waals surface area contributed by atoms with E-state index in [0.717, 1.165) is 0 Å². The summed E-state index contributed by atoms with van der Waals surface area (Å²) in [5, 5.41) is 0. The molecule has 4 heteroatoms. The van der Waals surface area contributed by atoms with Gasteiger partial charge in [0.1, 0.15) is 0 Å². The van der Waals surface area contributed by atoms with E-state index in [9.17, 15) is 0 Å². The molecule has 0 rings (SSSR count). The molecule has 0 aromatic heterocycles. The van der Waals surface area contributed by atoms with E-state index in [2.05, 4.69) is 4.50 Å². The van der Waals surface area contributed by atoms with Crippen molar-refractivity contribution >= 4 is 30.7 Å². The lowest BCUT2D eigenvalue weighted by atomic mass is 13.9. The summed E-state index contributed by atoms with van der Waals surface area (Å²) in [5.41, 5.74) is 0. The molecule has 0 bridgehead atoms. The second kappa shape index (κ2) is 3.68. The fourth-order valence-corrected chi connectivity index (χ4v) is 0. The van der Waals surface area contributed by atoms with Crippen LogP contribution < -0.4 is 4.50 Å². The quantitative estimate of drug-likeness (QED) is 0.312. The van der Waals surface area contributed by atoms with Crippen molar-refractivity contribution in [2.45, 2.75) is 0 Å². The van der Waals surface area contributed by atoms with Crippen LogP contribution in [0.3, 0.4) is 0 Å². The highest BCUT2D eigenvalue weighted by Crippen LogP contribution is 1.43. The molecule has 1 nitrogen and oxygen atoms in total. The van der Waals surface area contributed by atoms with Crippen molar-refractivity contribution in [1.82, 2.24) is 4.50 Å². The van der Waals surface area contributed by atoms with Gasteiger partial charge in [-0.3, -0.25) is 4.50 Å². The van der Waals surface area contributed by atoms with Crippen LogP contribution in [0.15, 0.2) is 0 Å². The average molecular weight is 113 g/mol. The maximum absolute atomic E-state index is 5.03. The van der Waals surface area contributed by atoms with Crippen LogP contribution in [-0.2, 0) is 0 Å². The Hall–Kier alpha value is 0.684. The molecular weight excluding hydrogens is 106 g/mol. The van der Waals surface area contributed by atoms with Gasteiger partial charge in [-0.2, -0.15) is 0 Å². The standard InChI is InChI=1S/ClH6NSi2/c1-2-4-3/h2H,4H2,3H3/p+1. The predicted octanol–water partition coefficient (Wildman–Crippen LogP) is -1.79. The van der Waals surface area contributed by atoms with Crippen LogP contribution >= 0.6 is 11.8 Å². The summed E-state index contributed by atoms with van der Waals surface area (Å²) in [6.07, 6.45) is 0. The van der Waals surface area contributed by atoms with Gasteiger partial charge in [0.05, 0.1) is 9.20 Å². The van der Waals surface area contributed by atoms with Gasteiger partial charge in [0, 0.05) is 9.76 Å². The Morgan fingerprint density at radius 3 is 2.50 bits per heavy atom. The van der Waals surface area contributed by atoms with Gasteiger partial charge in [-0.05, 0) is 11.8 Å². The minimum absolute atomic E-state index is 0. The third kappa shape index (κ3) is 2.68. The van der Waals surface area contributed by atoms with Crippen LogP contribution in [0, 0.1) is 0 Å². The van der Waals surface area contributed by atoms with Gasteiger partial charge in [0.15, 0.2) is 0 Å². The first kappa shape index (κ1) is 4.68. The first-order valence-electron chi connectivity index (χ1n) is 1.25. The molecule has 26 valence electrons. The summed E-state index contributed by atoms with van der Waals surface area (Å²) in [5.74, 6) is 0. The summed E-state index contributed by atoms with van der Waals surface area (Å²) in [7, 11) is 1.36. The lowest BCUT2D eigenvalue weighted by Gasteiger charge is -1.70. The highest BCUT2D eigenvalue weighted by Gasteiger charge is 1.57. The molecule has 0 saturated heterocycles. The van der Waals surface area contributed by atoms with Crippen LogP contribution in [0.25, 0.3) is 0 Å². The molecule has 0 radical (unpaired) electrons. The van der Waals surface area contributed by atoms with Gasteiger partial charge >= 0.3 is 1.43 Å². The molecule has 0 spiro atoms. The Balaban J connectivity index is 0. The summed E-state index contributed by atoms with van der Waals surface area (Å²) in [6, 6.07) is 0. The minimum Gasteiger partial charge on any atom is -0.266 e.